The Kier molecular flexibility index (Phi) is 4.39. The Balaban J connectivity index is 2.02. The lowest BCUT2D eigenvalue weighted by molar-refractivity contribution is 0.293. The van der Waals surface area contributed by atoms with Gasteiger partial charge in [-0.05, 0) is 26.1 Å². The number of aromatic nitrogens is 3. The van der Waals surface area contributed by atoms with Gasteiger partial charge >= 0.3 is 0 Å². The number of hydrogen-bond donors (Lipinski definition) is 1. The van der Waals surface area contributed by atoms with Gasteiger partial charge in [0.1, 0.15) is 12.4 Å². The lowest BCUT2D eigenvalue weighted by atomic mass is 10.3. The second kappa shape index (κ2) is 6.04. The fourth-order valence-electron chi connectivity index (χ4n) is 1.77. The summed E-state index contributed by atoms with van der Waals surface area (Å²) >= 11 is 6.16. The zero-order valence-electron chi connectivity index (χ0n) is 11.3. The smallest absolute Gasteiger partial charge is 0.138 e. The fourth-order valence-corrected chi connectivity index (χ4v) is 1.99. The van der Waals surface area contributed by atoms with Crippen LogP contribution in [-0.2, 0) is 20.2 Å². The maximum Gasteiger partial charge on any atom is 0.138 e. The topological polar surface area (TPSA) is 52.0 Å². The van der Waals surface area contributed by atoms with Crippen LogP contribution in [0.4, 0.5) is 0 Å². The van der Waals surface area contributed by atoms with Gasteiger partial charge in [-0.2, -0.15) is 5.10 Å². The Morgan fingerprint density at radius 1 is 1.42 bits per heavy atom. The molecule has 0 saturated heterocycles. The Bertz CT molecular complexity index is 551. The van der Waals surface area contributed by atoms with Crippen molar-refractivity contribution in [3.8, 4) is 5.75 Å². The number of hydrogen-bond acceptors (Lipinski definition) is 4. The van der Waals surface area contributed by atoms with Gasteiger partial charge in [0.2, 0.25) is 0 Å². The zero-order chi connectivity index (χ0) is 13.8. The minimum atomic E-state index is 0.378. The molecule has 0 aliphatic heterocycles. The van der Waals surface area contributed by atoms with Crippen molar-refractivity contribution in [3.63, 3.8) is 0 Å². The molecular weight excluding hydrogens is 264 g/mol. The summed E-state index contributed by atoms with van der Waals surface area (Å²) in [5.41, 5.74) is 2.65. The molecule has 0 saturated carbocycles. The van der Waals surface area contributed by atoms with Crippen LogP contribution in [0.15, 0.2) is 18.3 Å². The van der Waals surface area contributed by atoms with Crippen molar-refractivity contribution in [2.45, 2.75) is 20.1 Å². The van der Waals surface area contributed by atoms with Crippen molar-refractivity contribution in [2.24, 2.45) is 7.05 Å². The molecule has 5 nitrogen and oxygen atoms in total. The van der Waals surface area contributed by atoms with Gasteiger partial charge in [-0.3, -0.25) is 9.67 Å². The minimum Gasteiger partial charge on any atom is -0.486 e. The molecule has 0 fully saturated rings. The van der Waals surface area contributed by atoms with E-state index < -0.39 is 0 Å². The van der Waals surface area contributed by atoms with Gasteiger partial charge in [-0.1, -0.05) is 11.6 Å². The lowest BCUT2D eigenvalue weighted by Crippen LogP contribution is -2.07. The summed E-state index contributed by atoms with van der Waals surface area (Å²) in [7, 11) is 3.74. The molecule has 1 N–H and O–H groups in total. The third-order valence-corrected chi connectivity index (χ3v) is 3.28. The Morgan fingerprint density at radius 2 is 2.21 bits per heavy atom. The van der Waals surface area contributed by atoms with Crippen LogP contribution >= 0.6 is 11.6 Å². The van der Waals surface area contributed by atoms with Gasteiger partial charge in [0, 0.05) is 13.6 Å². The third kappa shape index (κ3) is 3.24. The summed E-state index contributed by atoms with van der Waals surface area (Å²) in [6.07, 6.45) is 1.71. The summed E-state index contributed by atoms with van der Waals surface area (Å²) in [6.45, 7) is 3.00. The number of nitrogens with zero attached hydrogens (tertiary/aromatic N) is 3. The summed E-state index contributed by atoms with van der Waals surface area (Å²) in [5, 5.41) is 7.94. The predicted octanol–water partition coefficient (Wildman–Crippen LogP) is 2.08. The molecule has 0 aliphatic rings. The number of pyridine rings is 1. The van der Waals surface area contributed by atoms with Crippen LogP contribution in [0, 0.1) is 6.92 Å². The van der Waals surface area contributed by atoms with Crippen molar-refractivity contribution < 1.29 is 4.74 Å². The Hall–Kier alpha value is -1.59. The predicted molar refractivity (Wildman–Crippen MR) is 74.3 cm³/mol. The van der Waals surface area contributed by atoms with Crippen molar-refractivity contribution in [1.82, 2.24) is 20.1 Å². The molecule has 19 heavy (non-hydrogen) atoms. The highest BCUT2D eigenvalue weighted by Gasteiger charge is 2.11. The van der Waals surface area contributed by atoms with E-state index in [1.807, 2.05) is 33.2 Å². The molecule has 0 spiro atoms. The zero-order valence-corrected chi connectivity index (χ0v) is 12.0. The van der Waals surface area contributed by atoms with E-state index in [0.29, 0.717) is 11.6 Å². The molecule has 2 rings (SSSR count). The number of halogens is 1. The highest BCUT2D eigenvalue weighted by Crippen LogP contribution is 2.21. The summed E-state index contributed by atoms with van der Waals surface area (Å²) in [4.78, 5) is 4.29. The van der Waals surface area contributed by atoms with Crippen molar-refractivity contribution in [3.05, 3.63) is 40.4 Å². The number of rotatable bonds is 5. The summed E-state index contributed by atoms with van der Waals surface area (Å²) in [5.74, 6) is 0.717. The van der Waals surface area contributed by atoms with E-state index in [-0.39, 0.29) is 0 Å². The SMILES string of the molecule is CNCc1ccc(OCc2c(Cl)c(C)nn2C)cn1. The van der Waals surface area contributed by atoms with Crippen molar-refractivity contribution >= 4 is 11.6 Å². The Morgan fingerprint density at radius 3 is 2.74 bits per heavy atom. The number of aryl methyl sites for hydroxylation is 2. The molecule has 0 amide bonds. The van der Waals surface area contributed by atoms with Crippen LogP contribution in [0.1, 0.15) is 17.1 Å². The molecule has 2 aromatic heterocycles. The molecule has 0 aromatic carbocycles. The lowest BCUT2D eigenvalue weighted by Gasteiger charge is -2.07. The van der Waals surface area contributed by atoms with Crippen LogP contribution in [0.2, 0.25) is 5.02 Å². The average Bonchev–Trinajstić information content (AvgIpc) is 2.64. The largest absolute Gasteiger partial charge is 0.486 e. The van der Waals surface area contributed by atoms with Gasteiger partial charge in [-0.15, -0.1) is 0 Å². The molecule has 2 aromatic rings. The van der Waals surface area contributed by atoms with Crippen LogP contribution in [-0.4, -0.2) is 21.8 Å². The van der Waals surface area contributed by atoms with E-state index in [1.165, 1.54) is 0 Å². The summed E-state index contributed by atoms with van der Waals surface area (Å²) in [6, 6.07) is 3.83. The van der Waals surface area contributed by atoms with E-state index in [2.05, 4.69) is 15.4 Å². The molecule has 2 heterocycles. The summed E-state index contributed by atoms with van der Waals surface area (Å²) < 4.78 is 7.41. The fraction of sp³-hybridized carbons (Fsp3) is 0.385. The normalized spacial score (nSPS) is 10.7. The highest BCUT2D eigenvalue weighted by atomic mass is 35.5. The first-order valence-electron chi connectivity index (χ1n) is 6.02. The van der Waals surface area contributed by atoms with E-state index in [1.54, 1.807) is 10.9 Å². The Labute approximate surface area is 117 Å². The molecule has 0 atom stereocenters. The molecular formula is C13H17ClN4O. The van der Waals surface area contributed by atoms with Crippen LogP contribution in [0.3, 0.4) is 0 Å². The maximum absolute atomic E-state index is 6.16. The van der Waals surface area contributed by atoms with E-state index in [4.69, 9.17) is 16.3 Å². The maximum atomic E-state index is 6.16. The highest BCUT2D eigenvalue weighted by molar-refractivity contribution is 6.31. The quantitative estimate of drug-likeness (QED) is 0.911. The van der Waals surface area contributed by atoms with Gasteiger partial charge in [0.15, 0.2) is 0 Å². The third-order valence-electron chi connectivity index (χ3n) is 2.79. The average molecular weight is 281 g/mol. The first-order chi connectivity index (χ1) is 9.11. The van der Waals surface area contributed by atoms with Crippen molar-refractivity contribution in [1.29, 1.82) is 0 Å². The van der Waals surface area contributed by atoms with Crippen LogP contribution < -0.4 is 10.1 Å². The monoisotopic (exact) mass is 280 g/mol. The molecule has 6 heteroatoms. The van der Waals surface area contributed by atoms with Crippen LogP contribution in [0.5, 0.6) is 5.75 Å². The first kappa shape index (κ1) is 13.8. The molecule has 0 unspecified atom stereocenters. The van der Waals surface area contributed by atoms with Gasteiger partial charge in [0.25, 0.3) is 0 Å². The van der Waals surface area contributed by atoms with E-state index >= 15 is 0 Å². The number of ether oxygens (including phenoxy) is 1. The van der Waals surface area contributed by atoms with E-state index in [0.717, 1.165) is 29.4 Å². The molecule has 0 radical (unpaired) electrons. The number of nitrogens with one attached hydrogen (secondary N) is 1. The molecule has 102 valence electrons. The second-order valence-corrected chi connectivity index (χ2v) is 4.65. The van der Waals surface area contributed by atoms with Crippen molar-refractivity contribution in [2.75, 3.05) is 7.05 Å². The van der Waals surface area contributed by atoms with Gasteiger partial charge < -0.3 is 10.1 Å². The van der Waals surface area contributed by atoms with Gasteiger partial charge in [0.05, 0.1) is 28.3 Å². The standard InChI is InChI=1S/C13H17ClN4O/c1-9-13(14)12(18(3)17-9)8-19-11-5-4-10(6-15-2)16-7-11/h4-5,7,15H,6,8H2,1-3H3. The first-order valence-corrected chi connectivity index (χ1v) is 6.40. The van der Waals surface area contributed by atoms with Crippen LogP contribution in [0.25, 0.3) is 0 Å². The van der Waals surface area contributed by atoms with E-state index in [9.17, 15) is 0 Å². The van der Waals surface area contributed by atoms with Gasteiger partial charge in [-0.25, -0.2) is 0 Å². The molecule has 0 bridgehead atoms. The second-order valence-electron chi connectivity index (χ2n) is 4.27. The minimum absolute atomic E-state index is 0.378. The molecule has 0 aliphatic carbocycles.